The van der Waals surface area contributed by atoms with Crippen LogP contribution < -0.4 is 4.90 Å². The molecule has 2 rings (SSSR count). The van der Waals surface area contributed by atoms with E-state index in [2.05, 4.69) is 0 Å². The van der Waals surface area contributed by atoms with Crippen molar-refractivity contribution in [3.8, 4) is 0 Å². The van der Waals surface area contributed by atoms with E-state index in [1.54, 1.807) is 0 Å². The number of carbonyl (C=O) groups is 2. The second-order valence-corrected chi connectivity index (χ2v) is 3.92. The van der Waals surface area contributed by atoms with E-state index in [4.69, 9.17) is 0 Å². The second kappa shape index (κ2) is 4.82. The Bertz CT molecular complexity index is 436. The van der Waals surface area contributed by atoms with Gasteiger partial charge in [0.2, 0.25) is 0 Å². The fourth-order valence-electron chi connectivity index (χ4n) is 1.71. The van der Waals surface area contributed by atoms with Gasteiger partial charge in [-0.3, -0.25) is 14.5 Å². The molecular formula is C13H14N2O2. The third-order valence-corrected chi connectivity index (χ3v) is 2.76. The number of anilines is 1. The number of rotatable bonds is 4. The minimum absolute atomic E-state index is 0.225. The Kier molecular flexibility index (Phi) is 3.23. The monoisotopic (exact) mass is 230 g/mol. The Balaban J connectivity index is 1.91. The summed E-state index contributed by atoms with van der Waals surface area (Å²) >= 11 is 0. The maximum Gasteiger partial charge on any atom is 0.253 e. The molecule has 0 N–H and O–H groups in total. The van der Waals surface area contributed by atoms with Crippen molar-refractivity contribution in [3.63, 3.8) is 0 Å². The van der Waals surface area contributed by atoms with E-state index in [1.807, 2.05) is 42.3 Å². The molecule has 4 heteroatoms. The van der Waals surface area contributed by atoms with E-state index >= 15 is 0 Å². The molecule has 88 valence electrons. The van der Waals surface area contributed by atoms with Crippen molar-refractivity contribution in [2.75, 3.05) is 25.0 Å². The van der Waals surface area contributed by atoms with E-state index in [1.165, 1.54) is 17.1 Å². The fourth-order valence-corrected chi connectivity index (χ4v) is 1.71. The normalized spacial score (nSPS) is 14.5. The van der Waals surface area contributed by atoms with Crippen LogP contribution in [0.5, 0.6) is 0 Å². The highest BCUT2D eigenvalue weighted by Gasteiger charge is 2.22. The van der Waals surface area contributed by atoms with Gasteiger partial charge in [-0.15, -0.1) is 0 Å². The van der Waals surface area contributed by atoms with Crippen LogP contribution in [0.4, 0.5) is 5.69 Å². The van der Waals surface area contributed by atoms with Crippen molar-refractivity contribution in [1.82, 2.24) is 4.90 Å². The average Bonchev–Trinajstić information content (AvgIpc) is 2.67. The van der Waals surface area contributed by atoms with Gasteiger partial charge in [0.1, 0.15) is 0 Å². The van der Waals surface area contributed by atoms with Crippen LogP contribution >= 0.6 is 0 Å². The first-order valence-corrected chi connectivity index (χ1v) is 5.48. The molecule has 0 unspecified atom stereocenters. The summed E-state index contributed by atoms with van der Waals surface area (Å²) in [5, 5.41) is 0. The summed E-state index contributed by atoms with van der Waals surface area (Å²) in [6, 6.07) is 9.85. The number of carbonyl (C=O) groups excluding carboxylic acids is 2. The van der Waals surface area contributed by atoms with Gasteiger partial charge >= 0.3 is 0 Å². The van der Waals surface area contributed by atoms with Crippen molar-refractivity contribution in [3.05, 3.63) is 42.5 Å². The van der Waals surface area contributed by atoms with Gasteiger partial charge in [0.05, 0.1) is 0 Å². The number of para-hydroxylation sites is 1. The molecule has 1 aromatic rings. The van der Waals surface area contributed by atoms with Crippen molar-refractivity contribution in [1.29, 1.82) is 0 Å². The molecule has 0 aromatic heterocycles. The molecule has 0 bridgehead atoms. The molecule has 0 atom stereocenters. The zero-order valence-electron chi connectivity index (χ0n) is 9.67. The standard InChI is InChI=1S/C13H14N2O2/c1-14(11-5-3-2-4-6-11)9-10-15-12(16)7-8-13(15)17/h2-8H,9-10H2,1H3. The molecule has 1 aliphatic rings. The summed E-state index contributed by atoms with van der Waals surface area (Å²) in [7, 11) is 1.94. The number of hydrogen-bond donors (Lipinski definition) is 0. The molecule has 1 heterocycles. The number of hydrogen-bond acceptors (Lipinski definition) is 3. The first kappa shape index (κ1) is 11.4. The summed E-state index contributed by atoms with van der Waals surface area (Å²) in [4.78, 5) is 25.9. The van der Waals surface area contributed by atoms with Crippen molar-refractivity contribution < 1.29 is 9.59 Å². The fraction of sp³-hybridized carbons (Fsp3) is 0.231. The van der Waals surface area contributed by atoms with Crippen molar-refractivity contribution in [2.45, 2.75) is 0 Å². The second-order valence-electron chi connectivity index (χ2n) is 3.92. The van der Waals surface area contributed by atoms with Gasteiger partial charge in [0, 0.05) is 38.0 Å². The lowest BCUT2D eigenvalue weighted by Crippen LogP contribution is -2.37. The van der Waals surface area contributed by atoms with Crippen LogP contribution in [-0.4, -0.2) is 36.9 Å². The van der Waals surface area contributed by atoms with Gasteiger partial charge in [-0.1, -0.05) is 18.2 Å². The summed E-state index contributed by atoms with van der Waals surface area (Å²) in [5.41, 5.74) is 1.07. The van der Waals surface area contributed by atoms with Gasteiger partial charge in [-0.2, -0.15) is 0 Å². The Morgan fingerprint density at radius 3 is 2.24 bits per heavy atom. The quantitative estimate of drug-likeness (QED) is 0.726. The summed E-state index contributed by atoms with van der Waals surface area (Å²) in [6.45, 7) is 1.04. The first-order chi connectivity index (χ1) is 8.18. The highest BCUT2D eigenvalue weighted by molar-refractivity contribution is 6.12. The van der Waals surface area contributed by atoms with E-state index < -0.39 is 0 Å². The zero-order valence-corrected chi connectivity index (χ0v) is 9.67. The van der Waals surface area contributed by atoms with Crippen LogP contribution in [0.3, 0.4) is 0 Å². The largest absolute Gasteiger partial charge is 0.373 e. The lowest BCUT2D eigenvalue weighted by molar-refractivity contribution is -0.136. The van der Waals surface area contributed by atoms with E-state index in [9.17, 15) is 9.59 Å². The van der Waals surface area contributed by atoms with Gasteiger partial charge in [0.25, 0.3) is 11.8 Å². The molecule has 0 aliphatic carbocycles. The summed E-state index contributed by atoms with van der Waals surface area (Å²) in [5.74, 6) is -0.451. The molecule has 0 saturated carbocycles. The first-order valence-electron chi connectivity index (χ1n) is 5.48. The van der Waals surface area contributed by atoms with Gasteiger partial charge in [0.15, 0.2) is 0 Å². The molecule has 17 heavy (non-hydrogen) atoms. The molecule has 4 nitrogen and oxygen atoms in total. The molecule has 1 aromatic carbocycles. The third-order valence-electron chi connectivity index (χ3n) is 2.76. The highest BCUT2D eigenvalue weighted by Crippen LogP contribution is 2.11. The molecule has 0 radical (unpaired) electrons. The lowest BCUT2D eigenvalue weighted by Gasteiger charge is -2.22. The minimum Gasteiger partial charge on any atom is -0.373 e. The number of benzene rings is 1. The van der Waals surface area contributed by atoms with E-state index in [0.29, 0.717) is 13.1 Å². The van der Waals surface area contributed by atoms with Gasteiger partial charge < -0.3 is 4.90 Å². The predicted octanol–water partition coefficient (Wildman–Crippen LogP) is 1.05. The van der Waals surface area contributed by atoms with Crippen LogP contribution in [0.2, 0.25) is 0 Å². The summed E-state index contributed by atoms with van der Waals surface area (Å²) < 4.78 is 0. The minimum atomic E-state index is -0.225. The number of likely N-dealkylation sites (N-methyl/N-ethyl adjacent to an activating group) is 1. The smallest absolute Gasteiger partial charge is 0.253 e. The van der Waals surface area contributed by atoms with Gasteiger partial charge in [-0.05, 0) is 12.1 Å². The third kappa shape index (κ3) is 2.53. The number of nitrogens with zero attached hydrogens (tertiary/aromatic N) is 2. The Morgan fingerprint density at radius 1 is 1.06 bits per heavy atom. The number of amides is 2. The SMILES string of the molecule is CN(CCN1C(=O)C=CC1=O)c1ccccc1. The van der Waals surface area contributed by atoms with Crippen LogP contribution in [-0.2, 0) is 9.59 Å². The molecular weight excluding hydrogens is 216 g/mol. The molecule has 0 spiro atoms. The molecule has 0 saturated heterocycles. The highest BCUT2D eigenvalue weighted by atomic mass is 16.2. The molecule has 0 fully saturated rings. The number of imide groups is 1. The molecule has 1 aliphatic heterocycles. The Labute approximate surface area is 100 Å². The Hall–Kier alpha value is -2.10. The van der Waals surface area contributed by atoms with Crippen LogP contribution in [0.25, 0.3) is 0 Å². The average molecular weight is 230 g/mol. The topological polar surface area (TPSA) is 40.6 Å². The van der Waals surface area contributed by atoms with E-state index in [-0.39, 0.29) is 11.8 Å². The predicted molar refractivity (Wildman–Crippen MR) is 65.6 cm³/mol. The van der Waals surface area contributed by atoms with Crippen LogP contribution in [0.15, 0.2) is 42.5 Å². The lowest BCUT2D eigenvalue weighted by atomic mass is 10.3. The molecule has 2 amide bonds. The maximum atomic E-state index is 11.3. The summed E-state index contributed by atoms with van der Waals surface area (Å²) in [6.07, 6.45) is 2.62. The van der Waals surface area contributed by atoms with Crippen molar-refractivity contribution in [2.24, 2.45) is 0 Å². The zero-order chi connectivity index (χ0) is 12.3. The van der Waals surface area contributed by atoms with Crippen LogP contribution in [0.1, 0.15) is 0 Å². The van der Waals surface area contributed by atoms with Crippen LogP contribution in [0, 0.1) is 0 Å². The Morgan fingerprint density at radius 2 is 1.65 bits per heavy atom. The van der Waals surface area contributed by atoms with E-state index in [0.717, 1.165) is 5.69 Å². The van der Waals surface area contributed by atoms with Gasteiger partial charge in [-0.25, -0.2) is 0 Å². The van der Waals surface area contributed by atoms with Crippen molar-refractivity contribution >= 4 is 17.5 Å². The maximum absolute atomic E-state index is 11.3.